The third-order valence-corrected chi connectivity index (χ3v) is 2.62. The van der Waals surface area contributed by atoms with Crippen molar-refractivity contribution in [3.05, 3.63) is 58.0 Å². The van der Waals surface area contributed by atoms with E-state index in [4.69, 9.17) is 4.74 Å². The molecule has 2 rings (SSSR count). The smallest absolute Gasteiger partial charge is 0.252 e. The Kier molecular flexibility index (Phi) is 4.87. The minimum Gasteiger partial charge on any atom is -0.496 e. The van der Waals surface area contributed by atoms with Gasteiger partial charge in [-0.2, -0.15) is 5.10 Å². The maximum Gasteiger partial charge on any atom is 0.252 e. The summed E-state index contributed by atoms with van der Waals surface area (Å²) in [7, 11) is 1.63. The molecule has 0 saturated carbocycles. The van der Waals surface area contributed by atoms with Crippen LogP contribution in [0.1, 0.15) is 11.3 Å². The first kappa shape index (κ1) is 14.5. The molecule has 0 aliphatic rings. The molecule has 6 heteroatoms. The standard InChI is InChI=1S/C15H16N4O2/c1-11-10-14(20)18-15(17-11)19-16-9-5-7-12-6-3-4-8-13(12)21-2/h3-10H,1-2H3,(H2,17,18,19,20)/b7-5+,16-9+. The van der Waals surface area contributed by atoms with Crippen molar-refractivity contribution in [1.29, 1.82) is 0 Å². The highest BCUT2D eigenvalue weighted by Crippen LogP contribution is 2.18. The van der Waals surface area contributed by atoms with Crippen LogP contribution in [0.5, 0.6) is 5.75 Å². The summed E-state index contributed by atoms with van der Waals surface area (Å²) in [4.78, 5) is 17.9. The van der Waals surface area contributed by atoms with E-state index in [-0.39, 0.29) is 5.56 Å². The molecular weight excluding hydrogens is 268 g/mol. The Morgan fingerprint density at radius 1 is 1.38 bits per heavy atom. The van der Waals surface area contributed by atoms with Gasteiger partial charge in [0.25, 0.3) is 5.56 Å². The van der Waals surface area contributed by atoms with Crippen molar-refractivity contribution in [3.8, 4) is 5.75 Å². The molecule has 2 aromatic rings. The molecule has 0 unspecified atom stereocenters. The summed E-state index contributed by atoms with van der Waals surface area (Å²) >= 11 is 0. The highest BCUT2D eigenvalue weighted by molar-refractivity contribution is 5.79. The van der Waals surface area contributed by atoms with E-state index in [0.29, 0.717) is 11.6 Å². The number of nitrogens with zero attached hydrogens (tertiary/aromatic N) is 2. The SMILES string of the molecule is COc1ccccc1/C=C/C=N/Nc1nc(C)cc(=O)[nH]1. The van der Waals surface area contributed by atoms with Crippen LogP contribution in [0.3, 0.4) is 0 Å². The molecule has 0 spiro atoms. The number of hydrazone groups is 1. The normalized spacial score (nSPS) is 11.1. The second-order valence-electron chi connectivity index (χ2n) is 4.23. The first-order valence-corrected chi connectivity index (χ1v) is 6.36. The van der Waals surface area contributed by atoms with Gasteiger partial charge in [0.2, 0.25) is 5.95 Å². The van der Waals surface area contributed by atoms with Gasteiger partial charge in [0.15, 0.2) is 0 Å². The van der Waals surface area contributed by atoms with Crippen LogP contribution in [0.15, 0.2) is 46.3 Å². The number of aromatic amines is 1. The van der Waals surface area contributed by atoms with Crippen molar-refractivity contribution in [2.45, 2.75) is 6.92 Å². The summed E-state index contributed by atoms with van der Waals surface area (Å²) in [6.45, 7) is 1.74. The van der Waals surface area contributed by atoms with Crippen LogP contribution in [0.2, 0.25) is 0 Å². The van der Waals surface area contributed by atoms with E-state index in [0.717, 1.165) is 11.3 Å². The van der Waals surface area contributed by atoms with Crippen LogP contribution in [0.4, 0.5) is 5.95 Å². The maximum absolute atomic E-state index is 11.2. The van der Waals surface area contributed by atoms with Gasteiger partial charge in [0.05, 0.1) is 7.11 Å². The molecule has 21 heavy (non-hydrogen) atoms. The lowest BCUT2D eigenvalue weighted by Crippen LogP contribution is -2.10. The lowest BCUT2D eigenvalue weighted by molar-refractivity contribution is 0.414. The molecule has 1 aromatic heterocycles. The van der Waals surface area contributed by atoms with E-state index in [9.17, 15) is 4.79 Å². The van der Waals surface area contributed by atoms with E-state index < -0.39 is 0 Å². The average molecular weight is 284 g/mol. The predicted molar refractivity (Wildman–Crippen MR) is 83.7 cm³/mol. The number of methoxy groups -OCH3 is 1. The highest BCUT2D eigenvalue weighted by atomic mass is 16.5. The van der Waals surface area contributed by atoms with E-state index in [1.54, 1.807) is 26.3 Å². The molecule has 0 aliphatic heterocycles. The van der Waals surface area contributed by atoms with Gasteiger partial charge in [-0.15, -0.1) is 0 Å². The molecule has 1 heterocycles. The molecule has 0 bridgehead atoms. The number of allylic oxidation sites excluding steroid dienone is 1. The van der Waals surface area contributed by atoms with Crippen LogP contribution >= 0.6 is 0 Å². The number of rotatable bonds is 5. The topological polar surface area (TPSA) is 79.4 Å². The number of H-pyrrole nitrogens is 1. The molecule has 0 amide bonds. The van der Waals surface area contributed by atoms with Crippen LogP contribution in [-0.4, -0.2) is 23.3 Å². The molecule has 0 aliphatic carbocycles. The average Bonchev–Trinajstić information content (AvgIpc) is 2.46. The maximum atomic E-state index is 11.2. The van der Waals surface area contributed by atoms with Crippen molar-refractivity contribution < 1.29 is 4.74 Å². The van der Waals surface area contributed by atoms with E-state index >= 15 is 0 Å². The summed E-state index contributed by atoms with van der Waals surface area (Å²) in [5.74, 6) is 1.10. The number of aryl methyl sites for hydroxylation is 1. The Hall–Kier alpha value is -2.89. The predicted octanol–water partition coefficient (Wildman–Crippen LogP) is 2.20. The van der Waals surface area contributed by atoms with E-state index in [2.05, 4.69) is 20.5 Å². The Balaban J connectivity index is 1.99. The van der Waals surface area contributed by atoms with Gasteiger partial charge < -0.3 is 4.74 Å². The van der Waals surface area contributed by atoms with Gasteiger partial charge in [0.1, 0.15) is 5.75 Å². The molecule has 0 atom stereocenters. The van der Waals surface area contributed by atoms with Crippen molar-refractivity contribution in [2.24, 2.45) is 5.10 Å². The minimum atomic E-state index is -0.218. The highest BCUT2D eigenvalue weighted by Gasteiger charge is 1.96. The Morgan fingerprint density at radius 3 is 2.95 bits per heavy atom. The number of benzene rings is 1. The van der Waals surface area contributed by atoms with Crippen molar-refractivity contribution >= 4 is 18.2 Å². The van der Waals surface area contributed by atoms with Gasteiger partial charge in [0, 0.05) is 23.5 Å². The summed E-state index contributed by atoms with van der Waals surface area (Å²) in [5.41, 5.74) is 4.02. The van der Waals surface area contributed by atoms with Crippen molar-refractivity contribution in [1.82, 2.24) is 9.97 Å². The summed E-state index contributed by atoms with van der Waals surface area (Å²) in [5, 5.41) is 3.96. The Labute approximate surface area is 122 Å². The number of para-hydroxylation sites is 1. The minimum absolute atomic E-state index is 0.218. The lowest BCUT2D eigenvalue weighted by atomic mass is 10.2. The molecular formula is C15H16N4O2. The molecule has 0 saturated heterocycles. The quantitative estimate of drug-likeness (QED) is 0.651. The fourth-order valence-electron chi connectivity index (χ4n) is 1.72. The Morgan fingerprint density at radius 2 is 2.19 bits per heavy atom. The number of hydrogen-bond donors (Lipinski definition) is 2. The fourth-order valence-corrected chi connectivity index (χ4v) is 1.72. The van der Waals surface area contributed by atoms with Crippen LogP contribution in [0.25, 0.3) is 6.08 Å². The van der Waals surface area contributed by atoms with Gasteiger partial charge in [-0.3, -0.25) is 9.78 Å². The van der Waals surface area contributed by atoms with Gasteiger partial charge in [-0.05, 0) is 25.1 Å². The second-order valence-corrected chi connectivity index (χ2v) is 4.23. The number of aromatic nitrogens is 2. The largest absolute Gasteiger partial charge is 0.496 e. The van der Waals surface area contributed by atoms with E-state index in [1.165, 1.54) is 6.07 Å². The van der Waals surface area contributed by atoms with Crippen LogP contribution < -0.4 is 15.7 Å². The molecule has 6 nitrogen and oxygen atoms in total. The van der Waals surface area contributed by atoms with Crippen molar-refractivity contribution in [2.75, 3.05) is 12.5 Å². The zero-order valence-electron chi connectivity index (χ0n) is 11.8. The molecule has 0 radical (unpaired) electrons. The number of ether oxygens (including phenoxy) is 1. The summed E-state index contributed by atoms with van der Waals surface area (Å²) in [6.07, 6.45) is 5.20. The first-order valence-electron chi connectivity index (χ1n) is 6.36. The van der Waals surface area contributed by atoms with Gasteiger partial charge in [-0.25, -0.2) is 10.4 Å². The fraction of sp³-hybridized carbons (Fsp3) is 0.133. The number of nitrogens with one attached hydrogen (secondary N) is 2. The molecule has 108 valence electrons. The molecule has 0 fully saturated rings. The summed E-state index contributed by atoms with van der Waals surface area (Å²) in [6, 6.07) is 9.08. The van der Waals surface area contributed by atoms with Gasteiger partial charge >= 0.3 is 0 Å². The first-order chi connectivity index (χ1) is 10.2. The lowest BCUT2D eigenvalue weighted by Gasteiger charge is -2.02. The zero-order chi connectivity index (χ0) is 15.1. The van der Waals surface area contributed by atoms with Crippen molar-refractivity contribution in [3.63, 3.8) is 0 Å². The molecule has 2 N–H and O–H groups in total. The van der Waals surface area contributed by atoms with Crippen LogP contribution in [0, 0.1) is 6.92 Å². The van der Waals surface area contributed by atoms with E-state index in [1.807, 2.05) is 30.3 Å². The van der Waals surface area contributed by atoms with Gasteiger partial charge in [-0.1, -0.05) is 18.2 Å². The monoisotopic (exact) mass is 284 g/mol. The number of hydrogen-bond acceptors (Lipinski definition) is 5. The zero-order valence-corrected chi connectivity index (χ0v) is 11.8. The third-order valence-electron chi connectivity index (χ3n) is 2.62. The second kappa shape index (κ2) is 7.04. The Bertz CT molecular complexity index is 720. The number of anilines is 1. The molecule has 1 aromatic carbocycles. The third kappa shape index (κ3) is 4.31. The summed E-state index contributed by atoms with van der Waals surface area (Å²) < 4.78 is 5.24. The van der Waals surface area contributed by atoms with Crippen LogP contribution in [-0.2, 0) is 0 Å².